The van der Waals surface area contributed by atoms with Crippen LogP contribution in [0.1, 0.15) is 30.6 Å². The van der Waals surface area contributed by atoms with E-state index in [0.717, 1.165) is 6.42 Å². The fourth-order valence-electron chi connectivity index (χ4n) is 2.16. The lowest BCUT2D eigenvalue weighted by molar-refractivity contribution is -0.719. The first kappa shape index (κ1) is 13.9. The second-order valence-electron chi connectivity index (χ2n) is 4.08. The van der Waals surface area contributed by atoms with Crippen LogP contribution in [0, 0.1) is 6.92 Å². The molecule has 1 unspecified atom stereocenters. The Morgan fingerprint density at radius 3 is 2.24 bits per heavy atom. The maximum absolute atomic E-state index is 2.34. The predicted octanol–water partition coefficient (Wildman–Crippen LogP) is 0.286. The zero-order chi connectivity index (χ0) is 11.4. The van der Waals surface area contributed by atoms with Crippen LogP contribution in [-0.2, 0) is 0 Å². The summed E-state index contributed by atoms with van der Waals surface area (Å²) in [7, 11) is 0. The molecule has 0 saturated heterocycles. The van der Waals surface area contributed by atoms with E-state index in [-0.39, 0.29) is 17.0 Å². The standard InChI is InChI=1S/C15H18N.BrH/c1-3-15(14-10-5-4-6-11-14)16-12-8-7-9-13(16)2;/h4-12,15H,3H2,1-2H3;1H/q+1;/p-1. The third-order valence-electron chi connectivity index (χ3n) is 3.01. The predicted molar refractivity (Wildman–Crippen MR) is 66.2 cm³/mol. The van der Waals surface area contributed by atoms with Gasteiger partial charge in [0.15, 0.2) is 17.9 Å². The summed E-state index contributed by atoms with van der Waals surface area (Å²) < 4.78 is 2.34. The maximum Gasteiger partial charge on any atom is 0.183 e. The SMILES string of the molecule is CCC(c1ccccc1)[n+]1ccccc1C.[Br-]. The van der Waals surface area contributed by atoms with Gasteiger partial charge in [0.2, 0.25) is 0 Å². The lowest BCUT2D eigenvalue weighted by atomic mass is 10.0. The quantitative estimate of drug-likeness (QED) is 0.716. The lowest BCUT2D eigenvalue weighted by Gasteiger charge is -2.12. The summed E-state index contributed by atoms with van der Waals surface area (Å²) in [5.74, 6) is 0. The summed E-state index contributed by atoms with van der Waals surface area (Å²) in [5.41, 5.74) is 2.68. The van der Waals surface area contributed by atoms with Crippen molar-refractivity contribution in [3.63, 3.8) is 0 Å². The Kier molecular flexibility index (Phi) is 5.36. The third kappa shape index (κ3) is 3.16. The maximum atomic E-state index is 2.34. The van der Waals surface area contributed by atoms with Crippen LogP contribution < -0.4 is 21.5 Å². The summed E-state index contributed by atoms with van der Waals surface area (Å²) in [6.45, 7) is 4.39. The molecule has 0 aliphatic carbocycles. The van der Waals surface area contributed by atoms with Crippen LogP contribution in [0.5, 0.6) is 0 Å². The van der Waals surface area contributed by atoms with E-state index in [4.69, 9.17) is 0 Å². The molecule has 17 heavy (non-hydrogen) atoms. The van der Waals surface area contributed by atoms with Crippen molar-refractivity contribution in [1.82, 2.24) is 0 Å². The highest BCUT2D eigenvalue weighted by atomic mass is 79.9. The summed E-state index contributed by atoms with van der Waals surface area (Å²) in [6.07, 6.45) is 3.27. The highest BCUT2D eigenvalue weighted by Crippen LogP contribution is 2.16. The Balaban J connectivity index is 0.00000144. The van der Waals surface area contributed by atoms with Crippen LogP contribution in [-0.4, -0.2) is 0 Å². The molecule has 2 heteroatoms. The van der Waals surface area contributed by atoms with Crippen molar-refractivity contribution in [2.24, 2.45) is 0 Å². The van der Waals surface area contributed by atoms with E-state index in [2.05, 4.69) is 73.1 Å². The van der Waals surface area contributed by atoms with E-state index in [0.29, 0.717) is 6.04 Å². The molecule has 1 atom stereocenters. The van der Waals surface area contributed by atoms with E-state index in [1.165, 1.54) is 11.3 Å². The fourth-order valence-corrected chi connectivity index (χ4v) is 2.16. The van der Waals surface area contributed by atoms with Crippen LogP contribution in [0.4, 0.5) is 0 Å². The molecule has 0 fully saturated rings. The van der Waals surface area contributed by atoms with Gasteiger partial charge in [-0.05, 0) is 0 Å². The molecule has 1 aromatic carbocycles. The minimum atomic E-state index is 0. The van der Waals surface area contributed by atoms with Gasteiger partial charge >= 0.3 is 0 Å². The largest absolute Gasteiger partial charge is 1.00 e. The molecule has 0 radical (unpaired) electrons. The van der Waals surface area contributed by atoms with Crippen LogP contribution in [0.15, 0.2) is 54.7 Å². The van der Waals surface area contributed by atoms with Crippen LogP contribution in [0.2, 0.25) is 0 Å². The Hall–Kier alpha value is -1.15. The van der Waals surface area contributed by atoms with Gasteiger partial charge in [0.05, 0.1) is 0 Å². The number of benzene rings is 1. The number of hydrogen-bond donors (Lipinski definition) is 0. The normalized spacial score (nSPS) is 11.6. The van der Waals surface area contributed by atoms with Gasteiger partial charge in [-0.15, -0.1) is 0 Å². The van der Waals surface area contributed by atoms with E-state index in [1.807, 2.05) is 0 Å². The fraction of sp³-hybridized carbons (Fsp3) is 0.267. The molecule has 1 nitrogen and oxygen atoms in total. The molecule has 0 spiro atoms. The molecule has 0 amide bonds. The van der Waals surface area contributed by atoms with Crippen molar-refractivity contribution >= 4 is 0 Å². The second kappa shape index (κ2) is 6.55. The van der Waals surface area contributed by atoms with Crippen LogP contribution in [0.3, 0.4) is 0 Å². The minimum absolute atomic E-state index is 0. The van der Waals surface area contributed by atoms with Crippen molar-refractivity contribution in [1.29, 1.82) is 0 Å². The van der Waals surface area contributed by atoms with Gasteiger partial charge in [0, 0.05) is 31.0 Å². The summed E-state index contributed by atoms with van der Waals surface area (Å²) in [5, 5.41) is 0. The topological polar surface area (TPSA) is 3.88 Å². The lowest BCUT2D eigenvalue weighted by Crippen LogP contribution is -3.00. The van der Waals surface area contributed by atoms with Crippen molar-refractivity contribution in [2.75, 3.05) is 0 Å². The van der Waals surface area contributed by atoms with Gasteiger partial charge in [-0.1, -0.05) is 43.3 Å². The molecule has 90 valence electrons. The average Bonchev–Trinajstić information content (AvgIpc) is 2.34. The third-order valence-corrected chi connectivity index (χ3v) is 3.01. The van der Waals surface area contributed by atoms with Crippen molar-refractivity contribution in [3.05, 3.63) is 66.0 Å². The molecular weight excluding hydrogens is 274 g/mol. The molecule has 0 saturated carbocycles. The summed E-state index contributed by atoms with van der Waals surface area (Å²) >= 11 is 0. The number of aryl methyl sites for hydroxylation is 1. The van der Waals surface area contributed by atoms with Crippen LogP contribution >= 0.6 is 0 Å². The van der Waals surface area contributed by atoms with E-state index in [1.54, 1.807) is 0 Å². The molecule has 1 aromatic heterocycles. The molecule has 0 bridgehead atoms. The summed E-state index contributed by atoms with van der Waals surface area (Å²) in [4.78, 5) is 0. The number of aromatic nitrogens is 1. The van der Waals surface area contributed by atoms with Crippen molar-refractivity contribution in [2.45, 2.75) is 26.3 Å². The van der Waals surface area contributed by atoms with Crippen LogP contribution in [0.25, 0.3) is 0 Å². The number of hydrogen-bond acceptors (Lipinski definition) is 0. The second-order valence-corrected chi connectivity index (χ2v) is 4.08. The van der Waals surface area contributed by atoms with Gasteiger partial charge in [0.1, 0.15) is 0 Å². The van der Waals surface area contributed by atoms with E-state index in [9.17, 15) is 0 Å². The molecule has 1 heterocycles. The smallest absolute Gasteiger partial charge is 0.183 e. The first-order valence-corrected chi connectivity index (χ1v) is 5.84. The Morgan fingerprint density at radius 2 is 1.65 bits per heavy atom. The first-order valence-electron chi connectivity index (χ1n) is 5.84. The number of pyridine rings is 1. The van der Waals surface area contributed by atoms with Crippen molar-refractivity contribution in [3.8, 4) is 0 Å². The Bertz CT molecular complexity index is 453. The Morgan fingerprint density at radius 1 is 1.00 bits per heavy atom. The van der Waals surface area contributed by atoms with E-state index < -0.39 is 0 Å². The molecule has 2 aromatic rings. The zero-order valence-electron chi connectivity index (χ0n) is 10.3. The van der Waals surface area contributed by atoms with E-state index >= 15 is 0 Å². The highest BCUT2D eigenvalue weighted by molar-refractivity contribution is 5.17. The number of nitrogens with zero attached hydrogens (tertiary/aromatic N) is 1. The zero-order valence-corrected chi connectivity index (χ0v) is 11.9. The molecular formula is C15H18BrN. The molecule has 0 aliphatic rings. The Labute approximate surface area is 114 Å². The van der Waals surface area contributed by atoms with Gasteiger partial charge < -0.3 is 17.0 Å². The van der Waals surface area contributed by atoms with Gasteiger partial charge in [-0.25, -0.2) is 0 Å². The van der Waals surface area contributed by atoms with Gasteiger partial charge in [0.25, 0.3) is 0 Å². The minimum Gasteiger partial charge on any atom is -1.00 e. The molecule has 0 aliphatic heterocycles. The molecule has 2 rings (SSSR count). The number of rotatable bonds is 3. The van der Waals surface area contributed by atoms with Gasteiger partial charge in [-0.2, -0.15) is 4.57 Å². The van der Waals surface area contributed by atoms with Crippen molar-refractivity contribution < 1.29 is 21.5 Å². The number of halogens is 1. The molecule has 0 N–H and O–H groups in total. The monoisotopic (exact) mass is 291 g/mol. The highest BCUT2D eigenvalue weighted by Gasteiger charge is 2.19. The summed E-state index contributed by atoms with van der Waals surface area (Å²) in [6, 6.07) is 17.5. The average molecular weight is 292 g/mol. The first-order chi connectivity index (χ1) is 7.83. The van der Waals surface area contributed by atoms with Gasteiger partial charge in [-0.3, -0.25) is 0 Å².